The van der Waals surface area contributed by atoms with E-state index in [0.29, 0.717) is 12.2 Å². The Morgan fingerprint density at radius 1 is 1.36 bits per heavy atom. The van der Waals surface area contributed by atoms with E-state index in [1.807, 2.05) is 0 Å². The lowest BCUT2D eigenvalue weighted by molar-refractivity contribution is -0.142. The van der Waals surface area contributed by atoms with E-state index >= 15 is 0 Å². The van der Waals surface area contributed by atoms with Gasteiger partial charge in [-0.3, -0.25) is 9.48 Å². The second-order valence-corrected chi connectivity index (χ2v) is 6.96. The molecule has 1 aromatic rings. The van der Waals surface area contributed by atoms with Crippen LogP contribution in [0.15, 0.2) is 4.47 Å². The summed E-state index contributed by atoms with van der Waals surface area (Å²) in [6.45, 7) is 7.39. The predicted octanol–water partition coefficient (Wildman–Crippen LogP) is 3.39. The van der Waals surface area contributed by atoms with E-state index < -0.39 is 11.9 Å². The monoisotopic (exact) mass is 424 g/mol. The Kier molecular flexibility index (Phi) is 6.90. The molecule has 0 atom stereocenters. The summed E-state index contributed by atoms with van der Waals surface area (Å²) in [5.74, 6) is -0.0715. The van der Waals surface area contributed by atoms with Gasteiger partial charge >= 0.3 is 6.18 Å². The van der Waals surface area contributed by atoms with Gasteiger partial charge in [-0.1, -0.05) is 13.8 Å². The van der Waals surface area contributed by atoms with E-state index in [4.69, 9.17) is 0 Å². The molecule has 0 aliphatic heterocycles. The summed E-state index contributed by atoms with van der Waals surface area (Å²) in [7, 11) is 0. The fraction of sp³-hybridized carbons (Fsp3) is 0.750. The highest BCUT2D eigenvalue weighted by Gasteiger charge is 2.41. The van der Waals surface area contributed by atoms with Crippen molar-refractivity contribution in [1.29, 1.82) is 0 Å². The second kappa shape index (κ2) is 8.53. The van der Waals surface area contributed by atoms with Gasteiger partial charge in [0.2, 0.25) is 5.91 Å². The summed E-state index contributed by atoms with van der Waals surface area (Å²) in [6, 6.07) is 0. The van der Waals surface area contributed by atoms with E-state index in [-0.39, 0.29) is 29.3 Å². The van der Waals surface area contributed by atoms with E-state index in [0.717, 1.165) is 32.5 Å². The van der Waals surface area contributed by atoms with Crippen molar-refractivity contribution >= 4 is 21.8 Å². The predicted molar refractivity (Wildman–Crippen MR) is 92.3 cm³/mol. The maximum Gasteiger partial charge on any atom is 0.436 e. The first-order valence-electron chi connectivity index (χ1n) is 8.60. The quantitative estimate of drug-likeness (QED) is 0.660. The van der Waals surface area contributed by atoms with Gasteiger partial charge in [0.15, 0.2) is 5.69 Å². The fourth-order valence-electron chi connectivity index (χ4n) is 2.74. The minimum Gasteiger partial charge on any atom is -0.355 e. The molecule has 1 fully saturated rings. The van der Waals surface area contributed by atoms with Crippen molar-refractivity contribution in [2.75, 3.05) is 26.2 Å². The van der Waals surface area contributed by atoms with E-state index in [2.05, 4.69) is 45.1 Å². The van der Waals surface area contributed by atoms with Crippen LogP contribution in [0, 0.1) is 0 Å². The van der Waals surface area contributed by atoms with Crippen LogP contribution in [0.25, 0.3) is 0 Å². The molecule has 1 heterocycles. The van der Waals surface area contributed by atoms with E-state index in [1.165, 1.54) is 4.68 Å². The van der Waals surface area contributed by atoms with Crippen LogP contribution in [0.1, 0.15) is 50.4 Å². The fourth-order valence-corrected chi connectivity index (χ4v) is 3.57. The molecule has 1 N–H and O–H groups in total. The van der Waals surface area contributed by atoms with Crippen molar-refractivity contribution in [3.05, 3.63) is 15.9 Å². The molecule has 1 aliphatic rings. The lowest BCUT2D eigenvalue weighted by Gasteiger charge is -2.18. The molecular weight excluding hydrogens is 401 g/mol. The van der Waals surface area contributed by atoms with Crippen molar-refractivity contribution in [3.63, 3.8) is 0 Å². The van der Waals surface area contributed by atoms with Crippen molar-refractivity contribution in [3.8, 4) is 0 Å². The number of nitrogens with one attached hydrogen (secondary N) is 1. The number of alkyl halides is 3. The van der Waals surface area contributed by atoms with Crippen molar-refractivity contribution in [2.24, 2.45) is 0 Å². The third kappa shape index (κ3) is 5.44. The molecule has 0 aromatic carbocycles. The highest BCUT2D eigenvalue weighted by Crippen LogP contribution is 2.46. The number of halogens is 4. The summed E-state index contributed by atoms with van der Waals surface area (Å²) in [5, 5.41) is 6.52. The number of hydrogen-bond donors (Lipinski definition) is 1. The number of carbonyl (C=O) groups is 1. The Balaban J connectivity index is 1.93. The first-order chi connectivity index (χ1) is 11.8. The molecule has 2 rings (SSSR count). The maximum absolute atomic E-state index is 13.0. The van der Waals surface area contributed by atoms with Gasteiger partial charge in [0.25, 0.3) is 0 Å². The van der Waals surface area contributed by atoms with Crippen molar-refractivity contribution in [1.82, 2.24) is 20.0 Å². The van der Waals surface area contributed by atoms with Crippen LogP contribution in [-0.2, 0) is 17.5 Å². The Morgan fingerprint density at radius 3 is 2.52 bits per heavy atom. The zero-order valence-electron chi connectivity index (χ0n) is 14.5. The minimum atomic E-state index is -4.50. The molecule has 1 saturated carbocycles. The zero-order chi connectivity index (χ0) is 18.6. The Bertz CT molecular complexity index is 595. The van der Waals surface area contributed by atoms with Crippen LogP contribution in [0.5, 0.6) is 0 Å². The molecular formula is C16H24BrF3N4O. The molecule has 1 aliphatic carbocycles. The lowest BCUT2D eigenvalue weighted by atomic mass is 10.2. The first-order valence-corrected chi connectivity index (χ1v) is 9.39. The molecule has 25 heavy (non-hydrogen) atoms. The molecule has 1 aromatic heterocycles. The third-order valence-electron chi connectivity index (χ3n) is 4.36. The normalized spacial score (nSPS) is 15.0. The molecule has 9 heteroatoms. The number of carbonyl (C=O) groups excluding carboxylic acids is 1. The number of aryl methyl sites for hydroxylation is 1. The summed E-state index contributed by atoms with van der Waals surface area (Å²) in [6.07, 6.45) is -2.67. The van der Waals surface area contributed by atoms with Crippen LogP contribution in [0.3, 0.4) is 0 Å². The number of amides is 1. The number of aromatic nitrogens is 2. The molecule has 0 spiro atoms. The Labute approximate surface area is 154 Å². The van der Waals surface area contributed by atoms with Crippen molar-refractivity contribution in [2.45, 2.75) is 51.7 Å². The lowest BCUT2D eigenvalue weighted by Crippen LogP contribution is -2.35. The average Bonchev–Trinajstić information content (AvgIpc) is 3.32. The van der Waals surface area contributed by atoms with Gasteiger partial charge in [0, 0.05) is 25.4 Å². The van der Waals surface area contributed by atoms with Crippen LogP contribution in [-0.4, -0.2) is 46.8 Å². The average molecular weight is 425 g/mol. The summed E-state index contributed by atoms with van der Waals surface area (Å²) in [5.41, 5.74) is -0.348. The third-order valence-corrected chi connectivity index (χ3v) is 5.14. The molecule has 1 amide bonds. The first kappa shape index (κ1) is 20.2. The number of nitrogens with zero attached hydrogens (tertiary/aromatic N) is 3. The van der Waals surface area contributed by atoms with E-state index in [1.54, 1.807) is 0 Å². The van der Waals surface area contributed by atoms with Crippen LogP contribution >= 0.6 is 15.9 Å². The number of rotatable bonds is 9. The Hall–Kier alpha value is -1.09. The van der Waals surface area contributed by atoms with Gasteiger partial charge in [-0.2, -0.15) is 18.3 Å². The smallest absolute Gasteiger partial charge is 0.355 e. The van der Waals surface area contributed by atoms with Crippen molar-refractivity contribution < 1.29 is 18.0 Å². The summed E-state index contributed by atoms with van der Waals surface area (Å²) in [4.78, 5) is 14.1. The van der Waals surface area contributed by atoms with Gasteiger partial charge in [-0.15, -0.1) is 0 Å². The zero-order valence-corrected chi connectivity index (χ0v) is 16.1. The highest BCUT2D eigenvalue weighted by molar-refractivity contribution is 9.10. The van der Waals surface area contributed by atoms with Gasteiger partial charge in [-0.25, -0.2) is 0 Å². The summed E-state index contributed by atoms with van der Waals surface area (Å²) < 4.78 is 40.5. The molecule has 5 nitrogen and oxygen atoms in total. The van der Waals surface area contributed by atoms with Gasteiger partial charge in [0.1, 0.15) is 0 Å². The van der Waals surface area contributed by atoms with Crippen LogP contribution in [0.2, 0.25) is 0 Å². The Morgan fingerprint density at radius 2 is 2.00 bits per heavy atom. The molecule has 0 radical (unpaired) electrons. The largest absolute Gasteiger partial charge is 0.436 e. The molecule has 0 saturated heterocycles. The molecule has 142 valence electrons. The van der Waals surface area contributed by atoms with Gasteiger partial charge in [-0.05, 0) is 41.9 Å². The SMILES string of the molecule is CCN(CC)CCNC(=O)CCn1nc(C(F)(F)F)c(Br)c1C1CC1. The van der Waals surface area contributed by atoms with Crippen LogP contribution in [0.4, 0.5) is 13.2 Å². The summed E-state index contributed by atoms with van der Waals surface area (Å²) >= 11 is 3.05. The highest BCUT2D eigenvalue weighted by atomic mass is 79.9. The molecule has 0 unspecified atom stereocenters. The maximum atomic E-state index is 13.0. The van der Waals surface area contributed by atoms with E-state index in [9.17, 15) is 18.0 Å². The van der Waals surface area contributed by atoms with Crippen LogP contribution < -0.4 is 5.32 Å². The minimum absolute atomic E-state index is 0.0180. The topological polar surface area (TPSA) is 50.2 Å². The standard InChI is InChI=1S/C16H24BrF3N4O/c1-3-23(4-2)10-8-21-12(25)7-9-24-14(11-5-6-11)13(17)15(22-24)16(18,19)20/h11H,3-10H2,1-2H3,(H,21,25). The van der Waals surface area contributed by atoms with Gasteiger partial charge < -0.3 is 10.2 Å². The second-order valence-electron chi connectivity index (χ2n) is 6.17. The molecule has 0 bridgehead atoms. The number of hydrogen-bond acceptors (Lipinski definition) is 3. The number of likely N-dealkylation sites (N-methyl/N-ethyl adjacent to an activating group) is 1. The van der Waals surface area contributed by atoms with Gasteiger partial charge in [0.05, 0.1) is 16.7 Å².